The van der Waals surface area contributed by atoms with Crippen LogP contribution in [0.3, 0.4) is 0 Å². The van der Waals surface area contributed by atoms with Gasteiger partial charge in [0.15, 0.2) is 5.58 Å². The number of hydrogen-bond acceptors (Lipinski definition) is 9. The lowest BCUT2D eigenvalue weighted by molar-refractivity contribution is -0.135. The fraction of sp³-hybridized carbons (Fsp3) is 0.207. The van der Waals surface area contributed by atoms with Crippen LogP contribution in [-0.4, -0.2) is 56.4 Å². The second-order valence-electron chi connectivity index (χ2n) is 9.99. The predicted octanol–water partition coefficient (Wildman–Crippen LogP) is 3.12. The van der Waals surface area contributed by atoms with Crippen LogP contribution < -0.4 is 11.1 Å². The summed E-state index contributed by atoms with van der Waals surface area (Å²) in [6.07, 6.45) is 1.88. The zero-order valence-electron chi connectivity index (χ0n) is 22.5. The lowest BCUT2D eigenvalue weighted by atomic mass is 10.0. The van der Waals surface area contributed by atoms with Crippen LogP contribution in [0.5, 0.6) is 0 Å². The number of imide groups is 1. The van der Waals surface area contributed by atoms with E-state index in [1.165, 1.54) is 27.8 Å². The third kappa shape index (κ3) is 4.85. The second kappa shape index (κ2) is 10.5. The molecule has 0 radical (unpaired) electrons. The van der Waals surface area contributed by atoms with Crippen LogP contribution in [0, 0.1) is 5.82 Å². The van der Waals surface area contributed by atoms with Gasteiger partial charge in [0.2, 0.25) is 23.5 Å². The van der Waals surface area contributed by atoms with Crippen LogP contribution in [0.4, 0.5) is 4.39 Å². The van der Waals surface area contributed by atoms with Crippen LogP contribution in [0.2, 0.25) is 0 Å². The number of benzene rings is 2. The molecule has 12 nitrogen and oxygen atoms in total. The number of nitrogens with zero attached hydrogens (tertiary/aromatic N) is 5. The van der Waals surface area contributed by atoms with Gasteiger partial charge in [0.1, 0.15) is 17.6 Å². The Kier molecular flexibility index (Phi) is 6.69. The smallest absolute Gasteiger partial charge is 0.408 e. The van der Waals surface area contributed by atoms with Gasteiger partial charge in [0.05, 0.1) is 17.5 Å². The molecule has 1 aliphatic rings. The number of fused-ring (bicyclic) bond motifs is 1. The minimum atomic E-state index is -0.880. The normalized spacial score (nSPS) is 15.2. The molecule has 2 aromatic carbocycles. The summed E-state index contributed by atoms with van der Waals surface area (Å²) in [5, 5.41) is 6.21. The van der Waals surface area contributed by atoms with Crippen molar-refractivity contribution >= 4 is 28.8 Å². The summed E-state index contributed by atoms with van der Waals surface area (Å²) >= 11 is 0. The number of nitrogens with one attached hydrogen (secondary N) is 1. The molecule has 6 rings (SSSR count). The van der Waals surface area contributed by atoms with Crippen molar-refractivity contribution in [3.05, 3.63) is 88.2 Å². The number of oxazole rings is 1. The number of pyridine rings is 1. The second-order valence-corrected chi connectivity index (χ2v) is 9.99. The first-order valence-electron chi connectivity index (χ1n) is 13.0. The molecule has 1 aliphatic heterocycles. The summed E-state index contributed by atoms with van der Waals surface area (Å²) < 4.78 is 27.6. The minimum Gasteiger partial charge on any atom is -0.408 e. The number of hydrogen-bond donors (Lipinski definition) is 1. The molecule has 42 heavy (non-hydrogen) atoms. The molecular formula is C29H23FN6O6. The number of amides is 3. The maximum Gasteiger partial charge on any atom is 0.420 e. The zero-order valence-corrected chi connectivity index (χ0v) is 22.5. The Morgan fingerprint density at radius 2 is 1.93 bits per heavy atom. The van der Waals surface area contributed by atoms with Crippen molar-refractivity contribution in [1.29, 1.82) is 0 Å². The van der Waals surface area contributed by atoms with Crippen molar-refractivity contribution < 1.29 is 27.7 Å². The molecule has 0 unspecified atom stereocenters. The van der Waals surface area contributed by atoms with E-state index in [1.54, 1.807) is 50.5 Å². The molecule has 5 aromatic rings. The van der Waals surface area contributed by atoms with Gasteiger partial charge in [-0.1, -0.05) is 23.4 Å². The molecule has 1 atom stereocenters. The molecular weight excluding hydrogens is 547 g/mol. The highest BCUT2D eigenvalue weighted by molar-refractivity contribution is 6.00. The minimum absolute atomic E-state index is 0.0350. The van der Waals surface area contributed by atoms with Gasteiger partial charge in [-0.15, -0.1) is 0 Å². The number of halogens is 1. The maximum atomic E-state index is 15.7. The fourth-order valence-electron chi connectivity index (χ4n) is 4.90. The highest BCUT2D eigenvalue weighted by Gasteiger charge is 2.31. The maximum absolute atomic E-state index is 15.7. The van der Waals surface area contributed by atoms with E-state index in [-0.39, 0.29) is 59.3 Å². The number of rotatable bonds is 6. The van der Waals surface area contributed by atoms with E-state index in [4.69, 9.17) is 8.94 Å². The Morgan fingerprint density at radius 1 is 1.12 bits per heavy atom. The Bertz CT molecular complexity index is 1940. The molecule has 0 spiro atoms. The van der Waals surface area contributed by atoms with Crippen LogP contribution in [0.15, 0.2) is 68.5 Å². The lowest BCUT2D eigenvalue weighted by Crippen LogP contribution is -2.43. The summed E-state index contributed by atoms with van der Waals surface area (Å²) in [5.74, 6) is -2.34. The summed E-state index contributed by atoms with van der Waals surface area (Å²) in [6.45, 7) is 0. The van der Waals surface area contributed by atoms with E-state index in [0.29, 0.717) is 16.6 Å². The highest BCUT2D eigenvalue weighted by Crippen LogP contribution is 2.30. The van der Waals surface area contributed by atoms with Gasteiger partial charge in [-0.2, -0.15) is 4.98 Å². The van der Waals surface area contributed by atoms with E-state index in [2.05, 4.69) is 20.4 Å². The first-order valence-corrected chi connectivity index (χ1v) is 13.0. The fourth-order valence-corrected chi connectivity index (χ4v) is 4.90. The lowest BCUT2D eigenvalue weighted by Gasteiger charge is -2.21. The number of carbonyl (C=O) groups is 3. The van der Waals surface area contributed by atoms with Crippen molar-refractivity contribution in [1.82, 2.24) is 29.9 Å². The number of carbonyl (C=O) groups excluding carboxylic acids is 3. The summed E-state index contributed by atoms with van der Waals surface area (Å²) in [5.41, 5.74) is 2.34. The van der Waals surface area contributed by atoms with Gasteiger partial charge >= 0.3 is 5.76 Å². The largest absolute Gasteiger partial charge is 0.420 e. The molecule has 3 amide bonds. The Balaban J connectivity index is 1.28. The van der Waals surface area contributed by atoms with Crippen molar-refractivity contribution in [2.24, 2.45) is 0 Å². The Hall–Kier alpha value is -5.46. The summed E-state index contributed by atoms with van der Waals surface area (Å²) in [6, 6.07) is 12.0. The topological polar surface area (TPSA) is 153 Å². The Labute approximate surface area is 236 Å². The van der Waals surface area contributed by atoms with Crippen molar-refractivity contribution in [2.75, 3.05) is 14.1 Å². The third-order valence-corrected chi connectivity index (χ3v) is 6.96. The average molecular weight is 571 g/mol. The number of aromatic nitrogens is 4. The monoisotopic (exact) mass is 570 g/mol. The molecule has 0 bridgehead atoms. The molecule has 1 saturated heterocycles. The van der Waals surface area contributed by atoms with Crippen LogP contribution in [0.1, 0.15) is 40.8 Å². The summed E-state index contributed by atoms with van der Waals surface area (Å²) in [4.78, 5) is 58.7. The molecule has 0 aliphatic carbocycles. The van der Waals surface area contributed by atoms with Gasteiger partial charge in [0, 0.05) is 32.3 Å². The molecule has 1 fully saturated rings. The van der Waals surface area contributed by atoms with Crippen LogP contribution >= 0.6 is 0 Å². The molecule has 13 heteroatoms. The van der Waals surface area contributed by atoms with E-state index in [1.807, 2.05) is 0 Å². The van der Waals surface area contributed by atoms with E-state index >= 15 is 4.39 Å². The van der Waals surface area contributed by atoms with Gasteiger partial charge in [-0.3, -0.25) is 29.3 Å². The Morgan fingerprint density at radius 3 is 2.71 bits per heavy atom. The predicted molar refractivity (Wildman–Crippen MR) is 146 cm³/mol. The first kappa shape index (κ1) is 26.7. The third-order valence-electron chi connectivity index (χ3n) is 6.96. The van der Waals surface area contributed by atoms with Gasteiger partial charge in [-0.05, 0) is 47.9 Å². The molecule has 0 saturated carbocycles. The first-order chi connectivity index (χ1) is 20.2. The summed E-state index contributed by atoms with van der Waals surface area (Å²) in [7, 11) is 3.21. The van der Waals surface area contributed by atoms with E-state index < -0.39 is 29.4 Å². The van der Waals surface area contributed by atoms with Gasteiger partial charge < -0.3 is 13.8 Å². The van der Waals surface area contributed by atoms with Crippen molar-refractivity contribution in [3.8, 4) is 22.5 Å². The van der Waals surface area contributed by atoms with Gasteiger partial charge in [0.25, 0.3) is 5.91 Å². The SMILES string of the molecule is CN(C)C(=O)c1cc(-c2cccc(-c3noc(Cc4ccc5oc(=O)n([C@H]6CCC(=O)NC6=O)c5c4)n3)c2F)ccn1. The van der Waals surface area contributed by atoms with Gasteiger partial charge in [-0.25, -0.2) is 9.18 Å². The highest BCUT2D eigenvalue weighted by atomic mass is 19.1. The van der Waals surface area contributed by atoms with E-state index in [9.17, 15) is 19.2 Å². The van der Waals surface area contributed by atoms with Crippen molar-refractivity contribution in [3.63, 3.8) is 0 Å². The van der Waals surface area contributed by atoms with E-state index in [0.717, 1.165) is 0 Å². The quantitative estimate of drug-likeness (QED) is 0.303. The molecule has 212 valence electrons. The standard InChI is InChI=1S/C29H23FN6O6/c1-35(2)28(39)19-14-16(10-11-31-19)17-4-3-5-18(25(17)30)26-33-24(42-34-26)13-15-6-8-22-21(12-15)36(29(40)41-22)20-7-9-23(37)32-27(20)38/h3-6,8,10-12,14,20H,7,9,13H2,1-2H3,(H,32,37,38)/t20-/m0/s1. The molecule has 4 heterocycles. The number of piperidine rings is 1. The molecule has 1 N–H and O–H groups in total. The molecule has 3 aromatic heterocycles. The zero-order chi connectivity index (χ0) is 29.5. The average Bonchev–Trinajstić information content (AvgIpc) is 3.56. The van der Waals surface area contributed by atoms with Crippen molar-refractivity contribution in [2.45, 2.75) is 25.3 Å². The van der Waals surface area contributed by atoms with Crippen LogP contribution in [0.25, 0.3) is 33.6 Å². The van der Waals surface area contributed by atoms with Crippen LogP contribution in [-0.2, 0) is 16.0 Å².